The van der Waals surface area contributed by atoms with Gasteiger partial charge >= 0.3 is 0 Å². The molecule has 0 bridgehead atoms. The van der Waals surface area contributed by atoms with E-state index >= 15 is 0 Å². The number of carbonyl (C=O) groups is 1. The van der Waals surface area contributed by atoms with Gasteiger partial charge in [0.2, 0.25) is 0 Å². The number of hydrogen-bond acceptors (Lipinski definition) is 3. The zero-order valence-electron chi connectivity index (χ0n) is 7.16. The van der Waals surface area contributed by atoms with E-state index in [4.69, 9.17) is 5.73 Å². The Morgan fingerprint density at radius 2 is 2.50 bits per heavy atom. The molecular formula is C7H12N4O. The van der Waals surface area contributed by atoms with Crippen LogP contribution in [0.4, 0.5) is 5.69 Å². The second-order valence-corrected chi connectivity index (χ2v) is 2.34. The Morgan fingerprint density at radius 3 is 3.00 bits per heavy atom. The van der Waals surface area contributed by atoms with Gasteiger partial charge in [-0.1, -0.05) is 0 Å². The molecule has 0 unspecified atom stereocenters. The molecule has 0 radical (unpaired) electrons. The number of amides is 1. The molecule has 0 saturated carbocycles. The van der Waals surface area contributed by atoms with Crippen LogP contribution in [0.3, 0.4) is 0 Å². The van der Waals surface area contributed by atoms with Gasteiger partial charge in [-0.05, 0) is 6.92 Å². The Bertz CT molecular complexity index is 292. The lowest BCUT2D eigenvalue weighted by Crippen LogP contribution is -2.23. The third-order valence-electron chi connectivity index (χ3n) is 1.61. The van der Waals surface area contributed by atoms with E-state index in [0.717, 1.165) is 0 Å². The minimum atomic E-state index is -0.202. The van der Waals surface area contributed by atoms with Gasteiger partial charge in [0.15, 0.2) is 0 Å². The van der Waals surface area contributed by atoms with Crippen molar-refractivity contribution in [2.45, 2.75) is 13.5 Å². The molecular weight excluding hydrogens is 156 g/mol. The minimum absolute atomic E-state index is 0.202. The van der Waals surface area contributed by atoms with Crippen LogP contribution >= 0.6 is 0 Å². The van der Waals surface area contributed by atoms with Gasteiger partial charge in [-0.2, -0.15) is 5.10 Å². The molecule has 0 saturated heterocycles. The summed E-state index contributed by atoms with van der Waals surface area (Å²) in [6.45, 7) is 2.54. The van der Waals surface area contributed by atoms with Crippen molar-refractivity contribution in [2.24, 2.45) is 0 Å². The molecule has 66 valence electrons. The number of nitrogens with two attached hydrogens (primary N) is 1. The number of aryl methyl sites for hydroxylation is 1. The summed E-state index contributed by atoms with van der Waals surface area (Å²) in [5.74, 6) is -0.202. The van der Waals surface area contributed by atoms with Crippen molar-refractivity contribution in [1.82, 2.24) is 15.1 Å². The first-order valence-electron chi connectivity index (χ1n) is 3.74. The van der Waals surface area contributed by atoms with E-state index in [0.29, 0.717) is 17.9 Å². The van der Waals surface area contributed by atoms with Gasteiger partial charge in [-0.3, -0.25) is 9.48 Å². The lowest BCUT2D eigenvalue weighted by Gasteiger charge is -2.03. The monoisotopic (exact) mass is 168 g/mol. The molecule has 1 aromatic heterocycles. The maximum atomic E-state index is 11.2. The second kappa shape index (κ2) is 3.25. The van der Waals surface area contributed by atoms with E-state index in [1.54, 1.807) is 11.7 Å². The molecule has 0 aromatic carbocycles. The van der Waals surface area contributed by atoms with E-state index in [2.05, 4.69) is 10.4 Å². The van der Waals surface area contributed by atoms with Gasteiger partial charge in [0.25, 0.3) is 5.91 Å². The molecule has 0 fully saturated rings. The first-order chi connectivity index (χ1) is 5.70. The highest BCUT2D eigenvalue weighted by atomic mass is 16.1. The van der Waals surface area contributed by atoms with Gasteiger partial charge < -0.3 is 11.1 Å². The zero-order valence-corrected chi connectivity index (χ0v) is 7.16. The summed E-state index contributed by atoms with van der Waals surface area (Å²) in [5, 5.41) is 6.44. The number of nitrogens with zero attached hydrogens (tertiary/aromatic N) is 2. The molecule has 0 spiro atoms. The van der Waals surface area contributed by atoms with Gasteiger partial charge in [-0.25, -0.2) is 0 Å². The quantitative estimate of drug-likeness (QED) is 0.644. The van der Waals surface area contributed by atoms with Crippen LogP contribution in [-0.2, 0) is 6.54 Å². The number of rotatable bonds is 2. The van der Waals surface area contributed by atoms with Crippen molar-refractivity contribution in [3.63, 3.8) is 0 Å². The van der Waals surface area contributed by atoms with Crippen molar-refractivity contribution in [3.8, 4) is 0 Å². The molecule has 12 heavy (non-hydrogen) atoms. The molecule has 1 amide bonds. The van der Waals surface area contributed by atoms with Gasteiger partial charge in [0.05, 0.1) is 11.9 Å². The fraction of sp³-hybridized carbons (Fsp3) is 0.429. The van der Waals surface area contributed by atoms with Crippen LogP contribution in [0.5, 0.6) is 0 Å². The van der Waals surface area contributed by atoms with Crippen LogP contribution in [0.15, 0.2) is 6.20 Å². The number of nitrogens with one attached hydrogen (secondary N) is 1. The highest BCUT2D eigenvalue weighted by Gasteiger charge is 2.13. The van der Waals surface area contributed by atoms with Crippen LogP contribution < -0.4 is 11.1 Å². The summed E-state index contributed by atoms with van der Waals surface area (Å²) in [7, 11) is 1.56. The Hall–Kier alpha value is -1.52. The van der Waals surface area contributed by atoms with Gasteiger partial charge in [0, 0.05) is 13.6 Å². The fourth-order valence-electron chi connectivity index (χ4n) is 1.01. The SMILES string of the molecule is CCn1ncc(N)c1C(=O)NC. The Balaban J connectivity index is 3.10. The molecule has 1 heterocycles. The summed E-state index contributed by atoms with van der Waals surface area (Å²) in [6.07, 6.45) is 1.48. The third kappa shape index (κ3) is 1.25. The molecule has 3 N–H and O–H groups in total. The average Bonchev–Trinajstić information content (AvgIpc) is 2.45. The summed E-state index contributed by atoms with van der Waals surface area (Å²) >= 11 is 0. The molecule has 5 heteroatoms. The molecule has 0 atom stereocenters. The number of anilines is 1. The van der Waals surface area contributed by atoms with Gasteiger partial charge in [0.1, 0.15) is 5.69 Å². The number of hydrogen-bond donors (Lipinski definition) is 2. The molecule has 1 rings (SSSR count). The summed E-state index contributed by atoms with van der Waals surface area (Å²) in [5.41, 5.74) is 6.39. The van der Waals surface area contributed by atoms with Gasteiger partial charge in [-0.15, -0.1) is 0 Å². The Labute approximate surface area is 70.5 Å². The van der Waals surface area contributed by atoms with Crippen LogP contribution in [-0.4, -0.2) is 22.7 Å². The van der Waals surface area contributed by atoms with E-state index < -0.39 is 0 Å². The molecule has 0 aliphatic heterocycles. The second-order valence-electron chi connectivity index (χ2n) is 2.34. The van der Waals surface area contributed by atoms with Crippen LogP contribution in [0.1, 0.15) is 17.4 Å². The lowest BCUT2D eigenvalue weighted by atomic mass is 10.3. The molecule has 5 nitrogen and oxygen atoms in total. The molecule has 0 aliphatic carbocycles. The van der Waals surface area contributed by atoms with E-state index in [1.807, 2.05) is 6.92 Å². The fourth-order valence-corrected chi connectivity index (χ4v) is 1.01. The smallest absolute Gasteiger partial charge is 0.271 e. The van der Waals surface area contributed by atoms with Crippen LogP contribution in [0.2, 0.25) is 0 Å². The summed E-state index contributed by atoms with van der Waals surface area (Å²) < 4.78 is 1.56. The van der Waals surface area contributed by atoms with Crippen molar-refractivity contribution < 1.29 is 4.79 Å². The third-order valence-corrected chi connectivity index (χ3v) is 1.61. The van der Waals surface area contributed by atoms with Crippen molar-refractivity contribution in [2.75, 3.05) is 12.8 Å². The van der Waals surface area contributed by atoms with Crippen molar-refractivity contribution in [3.05, 3.63) is 11.9 Å². The number of aromatic nitrogens is 2. The topological polar surface area (TPSA) is 72.9 Å². The standard InChI is InChI=1S/C7H12N4O/c1-3-11-6(7(12)9-2)5(8)4-10-11/h4H,3,8H2,1-2H3,(H,9,12). The van der Waals surface area contributed by atoms with Crippen molar-refractivity contribution >= 4 is 11.6 Å². The minimum Gasteiger partial charge on any atom is -0.396 e. The van der Waals surface area contributed by atoms with Crippen LogP contribution in [0.25, 0.3) is 0 Å². The zero-order chi connectivity index (χ0) is 9.14. The first kappa shape index (κ1) is 8.58. The average molecular weight is 168 g/mol. The van der Waals surface area contributed by atoms with E-state index in [1.165, 1.54) is 6.20 Å². The number of nitrogen functional groups attached to an aromatic ring is 1. The largest absolute Gasteiger partial charge is 0.396 e. The first-order valence-corrected chi connectivity index (χ1v) is 3.74. The van der Waals surface area contributed by atoms with E-state index in [-0.39, 0.29) is 5.91 Å². The maximum Gasteiger partial charge on any atom is 0.271 e. The molecule has 0 aliphatic rings. The van der Waals surface area contributed by atoms with Crippen LogP contribution in [0, 0.1) is 0 Å². The lowest BCUT2D eigenvalue weighted by molar-refractivity contribution is 0.0953. The highest BCUT2D eigenvalue weighted by molar-refractivity contribution is 5.97. The van der Waals surface area contributed by atoms with Crippen molar-refractivity contribution in [1.29, 1.82) is 0 Å². The highest BCUT2D eigenvalue weighted by Crippen LogP contribution is 2.09. The maximum absolute atomic E-state index is 11.2. The van der Waals surface area contributed by atoms with E-state index in [9.17, 15) is 4.79 Å². The predicted octanol–water partition coefficient (Wildman–Crippen LogP) is -0.155. The Kier molecular flexibility index (Phi) is 2.32. The summed E-state index contributed by atoms with van der Waals surface area (Å²) in [4.78, 5) is 11.2. The summed E-state index contributed by atoms with van der Waals surface area (Å²) in [6, 6.07) is 0. The number of carbonyl (C=O) groups excluding carboxylic acids is 1. The Morgan fingerprint density at radius 1 is 1.83 bits per heavy atom. The normalized spacial score (nSPS) is 9.83. The molecule has 1 aromatic rings. The predicted molar refractivity (Wildman–Crippen MR) is 45.7 cm³/mol.